The number of carbonyl (C=O) groups is 2. The Balaban J connectivity index is 1.41. The average molecular weight is 360 g/mol. The molecule has 0 bridgehead atoms. The SMILES string of the molecule is O=C(COc1ccc(NC(=O)c2cccs2)cc1)NCC1CCCO1. The van der Waals surface area contributed by atoms with Gasteiger partial charge in [-0.2, -0.15) is 0 Å². The summed E-state index contributed by atoms with van der Waals surface area (Å²) < 4.78 is 10.9. The number of carbonyl (C=O) groups excluding carboxylic acids is 2. The number of ether oxygens (including phenoxy) is 2. The van der Waals surface area contributed by atoms with Crippen LogP contribution in [0.1, 0.15) is 22.5 Å². The predicted molar refractivity (Wildman–Crippen MR) is 96.2 cm³/mol. The van der Waals surface area contributed by atoms with E-state index >= 15 is 0 Å². The third-order valence-electron chi connectivity index (χ3n) is 3.78. The second-order valence-electron chi connectivity index (χ2n) is 5.68. The van der Waals surface area contributed by atoms with Gasteiger partial charge < -0.3 is 20.1 Å². The third-order valence-corrected chi connectivity index (χ3v) is 4.65. The van der Waals surface area contributed by atoms with Crippen LogP contribution in [0.5, 0.6) is 5.75 Å². The summed E-state index contributed by atoms with van der Waals surface area (Å²) in [6.45, 7) is 1.25. The molecule has 1 saturated heterocycles. The summed E-state index contributed by atoms with van der Waals surface area (Å²) >= 11 is 1.39. The number of rotatable bonds is 7. The topological polar surface area (TPSA) is 76.7 Å². The second-order valence-corrected chi connectivity index (χ2v) is 6.63. The standard InChI is InChI=1S/C18H20N2O4S/c21-17(19-11-15-3-1-9-23-15)12-24-14-7-5-13(6-8-14)20-18(22)16-4-2-10-25-16/h2,4-8,10,15H,1,3,9,11-12H2,(H,19,21)(H,20,22). The van der Waals surface area contributed by atoms with Gasteiger partial charge in [0.2, 0.25) is 0 Å². The minimum Gasteiger partial charge on any atom is -0.484 e. The molecule has 2 heterocycles. The molecule has 1 atom stereocenters. The zero-order chi connectivity index (χ0) is 17.5. The summed E-state index contributed by atoms with van der Waals surface area (Å²) in [7, 11) is 0. The summed E-state index contributed by atoms with van der Waals surface area (Å²) in [5.74, 6) is 0.254. The highest BCUT2D eigenvalue weighted by Crippen LogP contribution is 2.17. The number of thiophene rings is 1. The molecule has 0 saturated carbocycles. The number of benzene rings is 1. The molecular weight excluding hydrogens is 340 g/mol. The Bertz CT molecular complexity index is 694. The second kappa shape index (κ2) is 8.64. The van der Waals surface area contributed by atoms with Gasteiger partial charge in [-0.25, -0.2) is 0 Å². The Morgan fingerprint density at radius 2 is 2.08 bits per heavy atom. The zero-order valence-corrected chi connectivity index (χ0v) is 14.5. The van der Waals surface area contributed by atoms with Crippen LogP contribution in [0, 0.1) is 0 Å². The van der Waals surface area contributed by atoms with Crippen LogP contribution in [0.15, 0.2) is 41.8 Å². The lowest BCUT2D eigenvalue weighted by molar-refractivity contribution is -0.123. The summed E-state index contributed by atoms with van der Waals surface area (Å²) in [5.41, 5.74) is 0.675. The van der Waals surface area contributed by atoms with E-state index < -0.39 is 0 Å². The van der Waals surface area contributed by atoms with Gasteiger partial charge in [0.1, 0.15) is 5.75 Å². The first-order chi connectivity index (χ1) is 12.2. The van der Waals surface area contributed by atoms with Gasteiger partial charge in [-0.1, -0.05) is 6.07 Å². The summed E-state index contributed by atoms with van der Waals surface area (Å²) in [6.07, 6.45) is 2.15. The van der Waals surface area contributed by atoms with Gasteiger partial charge in [0, 0.05) is 18.8 Å². The van der Waals surface area contributed by atoms with E-state index in [1.165, 1.54) is 11.3 Å². The Morgan fingerprint density at radius 1 is 1.24 bits per heavy atom. The van der Waals surface area contributed by atoms with Crippen LogP contribution in [-0.2, 0) is 9.53 Å². The summed E-state index contributed by atoms with van der Waals surface area (Å²) in [6, 6.07) is 10.5. The predicted octanol–water partition coefficient (Wildman–Crippen LogP) is 2.67. The van der Waals surface area contributed by atoms with E-state index in [1.54, 1.807) is 30.3 Å². The van der Waals surface area contributed by atoms with E-state index in [2.05, 4.69) is 10.6 Å². The molecule has 3 rings (SSSR count). The van der Waals surface area contributed by atoms with Crippen LogP contribution in [-0.4, -0.2) is 37.7 Å². The molecular formula is C18H20N2O4S. The highest BCUT2D eigenvalue weighted by molar-refractivity contribution is 7.12. The monoisotopic (exact) mass is 360 g/mol. The molecule has 1 aromatic heterocycles. The molecule has 2 aromatic rings. The van der Waals surface area contributed by atoms with Crippen molar-refractivity contribution in [3.05, 3.63) is 46.7 Å². The molecule has 0 spiro atoms. The number of amides is 2. The van der Waals surface area contributed by atoms with Crippen molar-refractivity contribution in [1.82, 2.24) is 5.32 Å². The molecule has 1 unspecified atom stereocenters. The molecule has 1 aromatic carbocycles. The highest BCUT2D eigenvalue weighted by atomic mass is 32.1. The lowest BCUT2D eigenvalue weighted by Crippen LogP contribution is -2.35. The van der Waals surface area contributed by atoms with Crippen molar-refractivity contribution in [2.45, 2.75) is 18.9 Å². The van der Waals surface area contributed by atoms with Gasteiger partial charge in [-0.3, -0.25) is 9.59 Å². The van der Waals surface area contributed by atoms with Gasteiger partial charge in [0.15, 0.2) is 6.61 Å². The van der Waals surface area contributed by atoms with E-state index in [-0.39, 0.29) is 24.5 Å². The van der Waals surface area contributed by atoms with Crippen molar-refractivity contribution in [3.63, 3.8) is 0 Å². The molecule has 0 radical (unpaired) electrons. The van der Waals surface area contributed by atoms with Crippen LogP contribution >= 0.6 is 11.3 Å². The minimum absolute atomic E-state index is 0.0480. The van der Waals surface area contributed by atoms with Gasteiger partial charge in [0.25, 0.3) is 11.8 Å². The van der Waals surface area contributed by atoms with Crippen molar-refractivity contribution < 1.29 is 19.1 Å². The maximum absolute atomic E-state index is 12.0. The Kier molecular flexibility index (Phi) is 6.03. The van der Waals surface area contributed by atoms with Crippen molar-refractivity contribution >= 4 is 28.8 Å². The normalized spacial score (nSPS) is 16.4. The van der Waals surface area contributed by atoms with Crippen LogP contribution in [0.2, 0.25) is 0 Å². The fraction of sp³-hybridized carbons (Fsp3) is 0.333. The van der Waals surface area contributed by atoms with Crippen molar-refractivity contribution in [3.8, 4) is 5.75 Å². The molecule has 6 nitrogen and oxygen atoms in total. The largest absolute Gasteiger partial charge is 0.484 e. The van der Waals surface area contributed by atoms with E-state index in [1.807, 2.05) is 11.4 Å². The summed E-state index contributed by atoms with van der Waals surface area (Å²) in [4.78, 5) is 24.4. The van der Waals surface area contributed by atoms with Gasteiger partial charge in [0.05, 0.1) is 11.0 Å². The zero-order valence-electron chi connectivity index (χ0n) is 13.7. The van der Waals surface area contributed by atoms with Crippen LogP contribution in [0.3, 0.4) is 0 Å². The number of nitrogens with one attached hydrogen (secondary N) is 2. The van der Waals surface area contributed by atoms with Crippen LogP contribution in [0.4, 0.5) is 5.69 Å². The molecule has 2 N–H and O–H groups in total. The first kappa shape index (κ1) is 17.4. The maximum atomic E-state index is 12.0. The van der Waals surface area contributed by atoms with Gasteiger partial charge in [-0.15, -0.1) is 11.3 Å². The van der Waals surface area contributed by atoms with E-state index in [0.717, 1.165) is 19.4 Å². The van der Waals surface area contributed by atoms with E-state index in [9.17, 15) is 9.59 Å². The first-order valence-electron chi connectivity index (χ1n) is 8.17. The minimum atomic E-state index is -0.175. The Hall–Kier alpha value is -2.38. The number of hydrogen-bond acceptors (Lipinski definition) is 5. The Morgan fingerprint density at radius 3 is 2.76 bits per heavy atom. The quantitative estimate of drug-likeness (QED) is 0.796. The molecule has 1 aliphatic heterocycles. The molecule has 0 aliphatic carbocycles. The maximum Gasteiger partial charge on any atom is 0.265 e. The van der Waals surface area contributed by atoms with Crippen molar-refractivity contribution in [1.29, 1.82) is 0 Å². The van der Waals surface area contributed by atoms with Gasteiger partial charge in [-0.05, 0) is 48.6 Å². The average Bonchev–Trinajstić information content (AvgIpc) is 3.33. The van der Waals surface area contributed by atoms with E-state index in [4.69, 9.17) is 9.47 Å². The smallest absolute Gasteiger partial charge is 0.265 e. The lowest BCUT2D eigenvalue weighted by Gasteiger charge is -2.11. The van der Waals surface area contributed by atoms with E-state index in [0.29, 0.717) is 22.9 Å². The van der Waals surface area contributed by atoms with Crippen molar-refractivity contribution in [2.75, 3.05) is 25.1 Å². The van der Waals surface area contributed by atoms with Crippen molar-refractivity contribution in [2.24, 2.45) is 0 Å². The van der Waals surface area contributed by atoms with Gasteiger partial charge >= 0.3 is 0 Å². The molecule has 2 amide bonds. The molecule has 1 aliphatic rings. The summed E-state index contributed by atoms with van der Waals surface area (Å²) in [5, 5.41) is 7.47. The molecule has 1 fully saturated rings. The fourth-order valence-corrected chi connectivity index (χ4v) is 3.09. The third kappa shape index (κ3) is 5.30. The number of anilines is 1. The molecule has 7 heteroatoms. The molecule has 132 valence electrons. The fourth-order valence-electron chi connectivity index (χ4n) is 2.47. The van der Waals surface area contributed by atoms with Crippen LogP contribution < -0.4 is 15.4 Å². The molecule has 25 heavy (non-hydrogen) atoms. The Labute approximate surface area is 150 Å². The van der Waals surface area contributed by atoms with Crippen LogP contribution in [0.25, 0.3) is 0 Å². The lowest BCUT2D eigenvalue weighted by atomic mass is 10.2. The first-order valence-corrected chi connectivity index (χ1v) is 9.05. The number of hydrogen-bond donors (Lipinski definition) is 2. The highest BCUT2D eigenvalue weighted by Gasteiger charge is 2.16.